The van der Waals surface area contributed by atoms with Gasteiger partial charge in [0, 0.05) is 32.3 Å². The molecule has 1 fully saturated rings. The van der Waals surface area contributed by atoms with Crippen LogP contribution in [0.5, 0.6) is 11.5 Å². The Morgan fingerprint density at radius 2 is 1.42 bits per heavy atom. The molecule has 2 atom stereocenters. The van der Waals surface area contributed by atoms with Crippen molar-refractivity contribution < 1.29 is 24.4 Å². The highest BCUT2D eigenvalue weighted by Gasteiger charge is 2.34. The van der Waals surface area contributed by atoms with Gasteiger partial charge in [-0.15, -0.1) is 0 Å². The van der Waals surface area contributed by atoms with Crippen LogP contribution in [0, 0.1) is 0 Å². The molecule has 2 unspecified atom stereocenters. The molecule has 1 aliphatic heterocycles. The van der Waals surface area contributed by atoms with Crippen LogP contribution in [-0.4, -0.2) is 54.6 Å². The zero-order chi connectivity index (χ0) is 29.9. The Bertz CT molecular complexity index is 1370. The summed E-state index contributed by atoms with van der Waals surface area (Å²) in [6.07, 6.45) is 2.03. The summed E-state index contributed by atoms with van der Waals surface area (Å²) < 4.78 is 18.3. The fourth-order valence-corrected chi connectivity index (χ4v) is 5.76. The van der Waals surface area contributed by atoms with Crippen LogP contribution in [0.3, 0.4) is 0 Å². The van der Waals surface area contributed by atoms with Gasteiger partial charge in [-0.2, -0.15) is 0 Å². The van der Waals surface area contributed by atoms with E-state index in [1.807, 2.05) is 84.9 Å². The minimum absolute atomic E-state index is 0.159. The number of β-amino-alcohol motifs (C(OH)–C–C–N with tert-alkyl or cyclic N) is 1. The van der Waals surface area contributed by atoms with Crippen LogP contribution in [0.2, 0.25) is 0 Å². The number of nitrogens with zero attached hydrogens (tertiary/aromatic N) is 1. The Labute approximate surface area is 255 Å². The summed E-state index contributed by atoms with van der Waals surface area (Å²) >= 11 is 0. The maximum atomic E-state index is 11.2. The summed E-state index contributed by atoms with van der Waals surface area (Å²) in [5, 5.41) is 22.1. The van der Waals surface area contributed by atoms with E-state index in [0.29, 0.717) is 44.8 Å². The van der Waals surface area contributed by atoms with Crippen molar-refractivity contribution in [3.63, 3.8) is 0 Å². The van der Waals surface area contributed by atoms with E-state index in [1.165, 1.54) is 5.56 Å². The quantitative estimate of drug-likeness (QED) is 0.182. The second-order valence-electron chi connectivity index (χ2n) is 11.4. The average molecular weight is 582 g/mol. The lowest BCUT2D eigenvalue weighted by atomic mass is 9.84. The smallest absolute Gasteiger partial charge is 0.125 e. The van der Waals surface area contributed by atoms with E-state index in [-0.39, 0.29) is 12.7 Å². The zero-order valence-electron chi connectivity index (χ0n) is 25.0. The van der Waals surface area contributed by atoms with Crippen LogP contribution in [0.4, 0.5) is 0 Å². The van der Waals surface area contributed by atoms with E-state index in [4.69, 9.17) is 14.2 Å². The van der Waals surface area contributed by atoms with Crippen LogP contribution in [-0.2, 0) is 23.4 Å². The number of methoxy groups -OCH3 is 1. The molecule has 4 aromatic carbocycles. The molecule has 1 aliphatic rings. The van der Waals surface area contributed by atoms with Gasteiger partial charge in [0.05, 0.1) is 11.7 Å². The lowest BCUT2D eigenvalue weighted by Gasteiger charge is -2.39. The summed E-state index contributed by atoms with van der Waals surface area (Å²) in [6, 6.07) is 36.2. The summed E-state index contributed by atoms with van der Waals surface area (Å²) in [5.74, 6) is 1.43. The molecule has 1 saturated heterocycles. The van der Waals surface area contributed by atoms with Crippen molar-refractivity contribution in [1.82, 2.24) is 4.90 Å². The normalized spacial score (nSPS) is 16.3. The Hall–Kier alpha value is -3.68. The first kappa shape index (κ1) is 30.8. The number of aliphatic hydroxyl groups is 2. The van der Waals surface area contributed by atoms with Gasteiger partial charge in [0.25, 0.3) is 0 Å². The van der Waals surface area contributed by atoms with Crippen molar-refractivity contribution in [2.24, 2.45) is 0 Å². The van der Waals surface area contributed by atoms with Gasteiger partial charge in [-0.1, -0.05) is 91.0 Å². The van der Waals surface area contributed by atoms with E-state index < -0.39 is 11.7 Å². The Morgan fingerprint density at radius 3 is 2.07 bits per heavy atom. The van der Waals surface area contributed by atoms with E-state index in [0.717, 1.165) is 35.3 Å². The van der Waals surface area contributed by atoms with Gasteiger partial charge in [-0.25, -0.2) is 0 Å². The molecule has 0 amide bonds. The van der Waals surface area contributed by atoms with Gasteiger partial charge in [0.2, 0.25) is 0 Å². The number of aryl methyl sites for hydroxylation is 1. The topological polar surface area (TPSA) is 71.4 Å². The van der Waals surface area contributed by atoms with E-state index in [2.05, 4.69) is 29.2 Å². The SMILES string of the molecule is COC(CCc1ccccc1)c1cc(OCc2ccccc2)ccc1OCC(O)CN1CCC(O)(c2ccccc2)CC1. The third-order valence-corrected chi connectivity index (χ3v) is 8.29. The number of piperidine rings is 1. The molecule has 0 radical (unpaired) electrons. The van der Waals surface area contributed by atoms with Gasteiger partial charge in [0.15, 0.2) is 0 Å². The maximum absolute atomic E-state index is 11.2. The lowest BCUT2D eigenvalue weighted by molar-refractivity contribution is -0.0373. The van der Waals surface area contributed by atoms with Crippen LogP contribution in [0.25, 0.3) is 0 Å². The van der Waals surface area contributed by atoms with Gasteiger partial charge in [-0.3, -0.25) is 0 Å². The lowest BCUT2D eigenvalue weighted by Crippen LogP contribution is -2.46. The fraction of sp³-hybridized carbons (Fsp3) is 0.351. The predicted octanol–water partition coefficient (Wildman–Crippen LogP) is 6.31. The van der Waals surface area contributed by atoms with Gasteiger partial charge < -0.3 is 29.3 Å². The third kappa shape index (κ3) is 8.68. The fourth-order valence-electron chi connectivity index (χ4n) is 5.76. The number of benzene rings is 4. The standard InChI is InChI=1S/C37H43NO5/c1-41-35(19-17-29-11-5-2-6-12-29)34-25-33(42-27-30-13-7-3-8-14-30)18-20-36(34)43-28-32(39)26-38-23-21-37(40,22-24-38)31-15-9-4-10-16-31/h2-16,18,20,25,32,35,39-40H,17,19,21-24,26-28H2,1H3. The predicted molar refractivity (Wildman–Crippen MR) is 169 cm³/mol. The Kier molecular flexibility index (Phi) is 10.9. The monoisotopic (exact) mass is 581 g/mol. The Balaban J connectivity index is 1.21. The number of aliphatic hydroxyl groups excluding tert-OH is 1. The minimum atomic E-state index is -0.812. The maximum Gasteiger partial charge on any atom is 0.125 e. The average Bonchev–Trinajstić information content (AvgIpc) is 3.06. The number of hydrogen-bond donors (Lipinski definition) is 2. The molecule has 5 rings (SSSR count). The molecule has 0 aromatic heterocycles. The first-order chi connectivity index (χ1) is 21.0. The zero-order valence-corrected chi connectivity index (χ0v) is 25.0. The first-order valence-corrected chi connectivity index (χ1v) is 15.2. The highest BCUT2D eigenvalue weighted by Crippen LogP contribution is 2.35. The van der Waals surface area contributed by atoms with Crippen molar-refractivity contribution in [2.45, 2.75) is 50.1 Å². The highest BCUT2D eigenvalue weighted by atomic mass is 16.5. The molecular formula is C37H43NO5. The largest absolute Gasteiger partial charge is 0.490 e. The number of hydrogen-bond acceptors (Lipinski definition) is 6. The van der Waals surface area contributed by atoms with E-state index in [9.17, 15) is 10.2 Å². The number of rotatable bonds is 14. The molecule has 6 heteroatoms. The van der Waals surface area contributed by atoms with Gasteiger partial charge in [0.1, 0.15) is 30.8 Å². The van der Waals surface area contributed by atoms with Crippen molar-refractivity contribution in [3.05, 3.63) is 131 Å². The minimum Gasteiger partial charge on any atom is -0.490 e. The summed E-state index contributed by atoms with van der Waals surface area (Å²) in [5.41, 5.74) is 3.40. The third-order valence-electron chi connectivity index (χ3n) is 8.29. The van der Waals surface area contributed by atoms with Crippen LogP contribution in [0.15, 0.2) is 109 Å². The van der Waals surface area contributed by atoms with Crippen LogP contribution >= 0.6 is 0 Å². The van der Waals surface area contributed by atoms with Gasteiger partial charge in [-0.05, 0) is 60.6 Å². The first-order valence-electron chi connectivity index (χ1n) is 15.2. The molecule has 6 nitrogen and oxygen atoms in total. The van der Waals surface area contributed by atoms with Crippen molar-refractivity contribution in [2.75, 3.05) is 33.4 Å². The van der Waals surface area contributed by atoms with Crippen LogP contribution < -0.4 is 9.47 Å². The molecule has 0 bridgehead atoms. The molecule has 0 spiro atoms. The van der Waals surface area contributed by atoms with Crippen molar-refractivity contribution >= 4 is 0 Å². The molecular weight excluding hydrogens is 538 g/mol. The number of likely N-dealkylation sites (tertiary alicyclic amines) is 1. The molecule has 1 heterocycles. The second kappa shape index (κ2) is 15.2. The number of ether oxygens (including phenoxy) is 3. The molecule has 0 aliphatic carbocycles. The van der Waals surface area contributed by atoms with E-state index in [1.54, 1.807) is 7.11 Å². The Morgan fingerprint density at radius 1 is 0.791 bits per heavy atom. The molecule has 226 valence electrons. The van der Waals surface area contributed by atoms with Gasteiger partial charge >= 0.3 is 0 Å². The van der Waals surface area contributed by atoms with E-state index >= 15 is 0 Å². The summed E-state index contributed by atoms with van der Waals surface area (Å²) in [4.78, 5) is 2.20. The second-order valence-corrected chi connectivity index (χ2v) is 11.4. The molecule has 2 N–H and O–H groups in total. The highest BCUT2D eigenvalue weighted by molar-refractivity contribution is 5.42. The van der Waals surface area contributed by atoms with Crippen molar-refractivity contribution in [3.8, 4) is 11.5 Å². The van der Waals surface area contributed by atoms with Crippen LogP contribution in [0.1, 0.15) is 47.6 Å². The summed E-state index contributed by atoms with van der Waals surface area (Å²) in [6.45, 7) is 2.54. The molecule has 0 saturated carbocycles. The van der Waals surface area contributed by atoms with Crippen molar-refractivity contribution in [1.29, 1.82) is 0 Å². The molecule has 43 heavy (non-hydrogen) atoms. The summed E-state index contributed by atoms with van der Waals surface area (Å²) in [7, 11) is 1.72. The molecule has 4 aromatic rings.